The number of anilines is 1. The van der Waals surface area contributed by atoms with Gasteiger partial charge < -0.3 is 5.32 Å². The topological polar surface area (TPSA) is 83.5 Å². The third-order valence-corrected chi connectivity index (χ3v) is 3.22. The number of aryl methyl sites for hydroxylation is 2. The van der Waals surface area contributed by atoms with Crippen LogP contribution in [-0.2, 0) is 9.59 Å². The molecule has 118 valence electrons. The number of aromatic nitrogens is 1. The van der Waals surface area contributed by atoms with Gasteiger partial charge in [-0.2, -0.15) is 5.10 Å². The molecule has 0 fully saturated rings. The van der Waals surface area contributed by atoms with Crippen LogP contribution in [0.5, 0.6) is 0 Å². The summed E-state index contributed by atoms with van der Waals surface area (Å²) >= 11 is 0. The second-order valence-electron chi connectivity index (χ2n) is 5.10. The Morgan fingerprint density at radius 3 is 2.52 bits per heavy atom. The van der Waals surface area contributed by atoms with Gasteiger partial charge in [0.1, 0.15) is 6.42 Å². The zero-order valence-electron chi connectivity index (χ0n) is 13.0. The van der Waals surface area contributed by atoms with E-state index in [0.29, 0.717) is 5.69 Å². The molecule has 0 aliphatic rings. The van der Waals surface area contributed by atoms with Crippen LogP contribution in [0.1, 0.15) is 23.1 Å². The molecule has 0 bridgehead atoms. The number of carbonyl (C=O) groups excluding carboxylic acids is 2. The molecule has 1 aromatic carbocycles. The first kappa shape index (κ1) is 16.4. The first-order valence-corrected chi connectivity index (χ1v) is 7.13. The summed E-state index contributed by atoms with van der Waals surface area (Å²) in [6, 6.07) is 9.10. The maximum Gasteiger partial charge on any atom is 0.249 e. The molecule has 0 saturated carbocycles. The molecular weight excluding hydrogens is 292 g/mol. The minimum absolute atomic E-state index is 0.291. The van der Waals surface area contributed by atoms with Crippen LogP contribution in [0.25, 0.3) is 0 Å². The van der Waals surface area contributed by atoms with Crippen LogP contribution in [0.2, 0.25) is 0 Å². The van der Waals surface area contributed by atoms with Crippen molar-refractivity contribution in [3.8, 4) is 0 Å². The Kier molecular flexibility index (Phi) is 5.57. The summed E-state index contributed by atoms with van der Waals surface area (Å²) < 4.78 is 0. The molecule has 6 heteroatoms. The van der Waals surface area contributed by atoms with Crippen molar-refractivity contribution >= 4 is 23.7 Å². The lowest BCUT2D eigenvalue weighted by molar-refractivity contribution is -0.126. The third-order valence-electron chi connectivity index (χ3n) is 3.22. The molecule has 1 aromatic heterocycles. The van der Waals surface area contributed by atoms with E-state index < -0.39 is 5.91 Å². The predicted molar refractivity (Wildman–Crippen MR) is 89.1 cm³/mol. The highest BCUT2D eigenvalue weighted by molar-refractivity contribution is 6.03. The number of rotatable bonds is 5. The molecule has 0 unspecified atom stereocenters. The van der Waals surface area contributed by atoms with Gasteiger partial charge in [-0.15, -0.1) is 0 Å². The number of benzene rings is 1. The van der Waals surface area contributed by atoms with Gasteiger partial charge in [-0.05, 0) is 54.8 Å². The van der Waals surface area contributed by atoms with Gasteiger partial charge in [-0.25, -0.2) is 5.43 Å². The fraction of sp³-hybridized carbons (Fsp3) is 0.176. The monoisotopic (exact) mass is 310 g/mol. The average Bonchev–Trinajstić information content (AvgIpc) is 2.52. The Hall–Kier alpha value is -3.02. The van der Waals surface area contributed by atoms with Gasteiger partial charge in [0.2, 0.25) is 11.8 Å². The van der Waals surface area contributed by atoms with Crippen LogP contribution in [0.15, 0.2) is 47.8 Å². The lowest BCUT2D eigenvalue weighted by Crippen LogP contribution is -2.24. The van der Waals surface area contributed by atoms with E-state index in [2.05, 4.69) is 20.8 Å². The molecule has 0 aliphatic carbocycles. The van der Waals surface area contributed by atoms with Crippen LogP contribution < -0.4 is 10.7 Å². The van der Waals surface area contributed by atoms with E-state index in [9.17, 15) is 9.59 Å². The van der Waals surface area contributed by atoms with Crippen molar-refractivity contribution in [2.75, 3.05) is 5.32 Å². The van der Waals surface area contributed by atoms with Crippen molar-refractivity contribution in [3.63, 3.8) is 0 Å². The van der Waals surface area contributed by atoms with Crippen molar-refractivity contribution in [3.05, 3.63) is 59.4 Å². The normalized spacial score (nSPS) is 10.5. The van der Waals surface area contributed by atoms with Gasteiger partial charge in [0.25, 0.3) is 0 Å². The van der Waals surface area contributed by atoms with Crippen LogP contribution >= 0.6 is 0 Å². The Morgan fingerprint density at radius 2 is 1.83 bits per heavy atom. The average molecular weight is 310 g/mol. The highest BCUT2D eigenvalue weighted by atomic mass is 16.2. The number of amides is 2. The van der Waals surface area contributed by atoms with E-state index in [0.717, 1.165) is 16.7 Å². The van der Waals surface area contributed by atoms with Crippen LogP contribution in [0, 0.1) is 13.8 Å². The van der Waals surface area contributed by atoms with Crippen LogP contribution in [0.3, 0.4) is 0 Å². The number of carbonyl (C=O) groups is 2. The van der Waals surface area contributed by atoms with E-state index in [1.165, 1.54) is 6.21 Å². The first-order valence-electron chi connectivity index (χ1n) is 7.13. The molecule has 2 amide bonds. The van der Waals surface area contributed by atoms with Crippen molar-refractivity contribution < 1.29 is 9.59 Å². The summed E-state index contributed by atoms with van der Waals surface area (Å²) in [6.07, 6.45) is 4.45. The Morgan fingerprint density at radius 1 is 1.09 bits per heavy atom. The summed E-state index contributed by atoms with van der Waals surface area (Å²) in [4.78, 5) is 27.4. The van der Waals surface area contributed by atoms with E-state index in [1.54, 1.807) is 30.6 Å². The number of hydrazone groups is 1. The minimum Gasteiger partial charge on any atom is -0.326 e. The smallest absolute Gasteiger partial charge is 0.249 e. The molecule has 0 saturated heterocycles. The highest BCUT2D eigenvalue weighted by Crippen LogP contribution is 2.14. The molecule has 0 atom stereocenters. The Bertz CT molecular complexity index is 727. The molecule has 23 heavy (non-hydrogen) atoms. The van der Waals surface area contributed by atoms with E-state index >= 15 is 0 Å². The summed E-state index contributed by atoms with van der Waals surface area (Å²) in [5, 5.41) is 6.48. The zero-order valence-corrected chi connectivity index (χ0v) is 13.0. The molecular formula is C17H18N4O2. The number of nitrogens with one attached hydrogen (secondary N) is 2. The standard InChI is InChI=1S/C17H18N4O2/c1-12-3-4-15(9-13(12)2)20-16(22)10-17(23)21-19-11-14-5-7-18-8-6-14/h3-9,11H,10H2,1-2H3,(H,20,22)(H,21,23)/b19-11+. The molecule has 2 rings (SSSR count). The summed E-state index contributed by atoms with van der Waals surface area (Å²) in [5.74, 6) is -0.860. The van der Waals surface area contributed by atoms with Gasteiger partial charge in [0, 0.05) is 18.1 Å². The molecule has 2 N–H and O–H groups in total. The van der Waals surface area contributed by atoms with E-state index in [-0.39, 0.29) is 12.3 Å². The van der Waals surface area contributed by atoms with Gasteiger partial charge in [-0.3, -0.25) is 14.6 Å². The maximum atomic E-state index is 11.8. The molecule has 2 aromatic rings. The number of hydrogen-bond acceptors (Lipinski definition) is 4. The second kappa shape index (κ2) is 7.84. The number of hydrogen-bond donors (Lipinski definition) is 2. The first-order chi connectivity index (χ1) is 11.0. The number of pyridine rings is 1. The molecule has 0 radical (unpaired) electrons. The lowest BCUT2D eigenvalue weighted by atomic mass is 10.1. The minimum atomic E-state index is -0.475. The van der Waals surface area contributed by atoms with Crippen molar-refractivity contribution in [2.45, 2.75) is 20.3 Å². The summed E-state index contributed by atoms with van der Waals surface area (Å²) in [6.45, 7) is 3.96. The van der Waals surface area contributed by atoms with Crippen molar-refractivity contribution in [2.24, 2.45) is 5.10 Å². The van der Waals surface area contributed by atoms with Gasteiger partial charge in [-0.1, -0.05) is 6.07 Å². The van der Waals surface area contributed by atoms with Gasteiger partial charge in [0.05, 0.1) is 6.21 Å². The lowest BCUT2D eigenvalue weighted by Gasteiger charge is -2.07. The fourth-order valence-corrected chi connectivity index (χ4v) is 1.84. The van der Waals surface area contributed by atoms with E-state index in [1.807, 2.05) is 26.0 Å². The molecule has 0 aliphatic heterocycles. The van der Waals surface area contributed by atoms with Gasteiger partial charge in [0.15, 0.2) is 0 Å². The second-order valence-corrected chi connectivity index (χ2v) is 5.10. The number of nitrogens with zero attached hydrogens (tertiary/aromatic N) is 2. The largest absolute Gasteiger partial charge is 0.326 e. The maximum absolute atomic E-state index is 11.8. The summed E-state index contributed by atoms with van der Waals surface area (Å²) in [5.41, 5.74) is 6.02. The van der Waals surface area contributed by atoms with E-state index in [4.69, 9.17) is 0 Å². The molecule has 1 heterocycles. The predicted octanol–water partition coefficient (Wildman–Crippen LogP) is 2.18. The third kappa shape index (κ3) is 5.35. The van der Waals surface area contributed by atoms with Crippen molar-refractivity contribution in [1.29, 1.82) is 0 Å². The van der Waals surface area contributed by atoms with Crippen molar-refractivity contribution in [1.82, 2.24) is 10.4 Å². The zero-order chi connectivity index (χ0) is 16.7. The molecule has 0 spiro atoms. The Labute approximate surface area is 134 Å². The molecule has 6 nitrogen and oxygen atoms in total. The summed E-state index contributed by atoms with van der Waals surface area (Å²) in [7, 11) is 0. The Balaban J connectivity index is 1.81. The van der Waals surface area contributed by atoms with Crippen LogP contribution in [0.4, 0.5) is 5.69 Å². The SMILES string of the molecule is Cc1ccc(NC(=O)CC(=O)N/N=C/c2ccncc2)cc1C. The quantitative estimate of drug-likeness (QED) is 0.504. The van der Waals surface area contributed by atoms with Gasteiger partial charge >= 0.3 is 0 Å². The van der Waals surface area contributed by atoms with Crippen LogP contribution in [-0.4, -0.2) is 23.0 Å². The fourth-order valence-electron chi connectivity index (χ4n) is 1.84. The highest BCUT2D eigenvalue weighted by Gasteiger charge is 2.09.